The van der Waals surface area contributed by atoms with Crippen molar-refractivity contribution in [2.75, 3.05) is 0 Å². The van der Waals surface area contributed by atoms with Crippen LogP contribution in [-0.4, -0.2) is 22.8 Å². The Balaban J connectivity index is 1.81. The number of ether oxygens (including phenoxy) is 1. The maximum absolute atomic E-state index is 12.4. The minimum atomic E-state index is -1.26. The third kappa shape index (κ3) is 4.98. The highest BCUT2D eigenvalue weighted by Crippen LogP contribution is 2.32. The molecule has 0 heterocycles. The van der Waals surface area contributed by atoms with Gasteiger partial charge in [0.25, 0.3) is 0 Å². The highest BCUT2D eigenvalue weighted by molar-refractivity contribution is 5.79. The molecule has 21 heavy (non-hydrogen) atoms. The maximum Gasteiger partial charge on any atom is 0.338 e. The van der Waals surface area contributed by atoms with Crippen LogP contribution in [0.25, 0.3) is 0 Å². The summed E-state index contributed by atoms with van der Waals surface area (Å²) in [5.74, 6) is 0.326. The summed E-state index contributed by atoms with van der Waals surface area (Å²) < 4.78 is 5.60. The van der Waals surface area contributed by atoms with Crippen molar-refractivity contribution < 1.29 is 14.6 Å². The number of esters is 1. The Morgan fingerprint density at radius 1 is 1.05 bits per heavy atom. The van der Waals surface area contributed by atoms with E-state index in [0.717, 1.165) is 32.1 Å². The first-order chi connectivity index (χ1) is 10.1. The second kappa shape index (κ2) is 8.17. The predicted molar refractivity (Wildman–Crippen MR) is 84.0 cm³/mol. The standard InChI is InChI=1S/C18H32O3/c1-2-18(20,14-13-15-9-5-3-6-10-15)17(19)21-16-11-7-4-8-12-16/h15-16,20H,2-14H2,1H3. The van der Waals surface area contributed by atoms with Crippen LogP contribution in [0.3, 0.4) is 0 Å². The summed E-state index contributed by atoms with van der Waals surface area (Å²) in [6.07, 6.45) is 14.0. The zero-order valence-electron chi connectivity index (χ0n) is 13.6. The molecule has 0 spiro atoms. The van der Waals surface area contributed by atoms with Crippen LogP contribution in [0.15, 0.2) is 0 Å². The smallest absolute Gasteiger partial charge is 0.338 e. The van der Waals surface area contributed by atoms with Crippen LogP contribution in [0.1, 0.15) is 90.4 Å². The van der Waals surface area contributed by atoms with Gasteiger partial charge in [-0.3, -0.25) is 0 Å². The molecule has 0 aromatic heterocycles. The second-order valence-corrected chi connectivity index (χ2v) is 7.09. The van der Waals surface area contributed by atoms with Gasteiger partial charge in [-0.25, -0.2) is 4.79 Å². The first-order valence-electron chi connectivity index (χ1n) is 9.07. The molecule has 2 aliphatic carbocycles. The molecule has 3 heteroatoms. The maximum atomic E-state index is 12.4. The van der Waals surface area contributed by atoms with Gasteiger partial charge < -0.3 is 9.84 Å². The van der Waals surface area contributed by atoms with E-state index in [4.69, 9.17) is 4.74 Å². The molecule has 0 bridgehead atoms. The zero-order chi connectivity index (χ0) is 15.1. The average Bonchev–Trinajstić information content (AvgIpc) is 2.54. The van der Waals surface area contributed by atoms with E-state index in [1.54, 1.807) is 0 Å². The van der Waals surface area contributed by atoms with Gasteiger partial charge in [-0.1, -0.05) is 45.4 Å². The zero-order valence-corrected chi connectivity index (χ0v) is 13.6. The van der Waals surface area contributed by atoms with E-state index >= 15 is 0 Å². The molecule has 2 fully saturated rings. The SMILES string of the molecule is CCC(O)(CCC1CCCCC1)C(=O)OC1CCCCC1. The molecule has 122 valence electrons. The van der Waals surface area contributed by atoms with E-state index in [0.29, 0.717) is 18.8 Å². The van der Waals surface area contributed by atoms with Crippen LogP contribution in [-0.2, 0) is 9.53 Å². The number of hydrogen-bond acceptors (Lipinski definition) is 3. The van der Waals surface area contributed by atoms with Crippen molar-refractivity contribution in [2.24, 2.45) is 5.92 Å². The van der Waals surface area contributed by atoms with Gasteiger partial charge in [0, 0.05) is 0 Å². The molecule has 1 unspecified atom stereocenters. The molecule has 0 radical (unpaired) electrons. The molecule has 2 saturated carbocycles. The summed E-state index contributed by atoms with van der Waals surface area (Å²) in [5, 5.41) is 10.7. The topological polar surface area (TPSA) is 46.5 Å². The van der Waals surface area contributed by atoms with Crippen molar-refractivity contribution in [3.63, 3.8) is 0 Å². The van der Waals surface area contributed by atoms with Gasteiger partial charge in [-0.15, -0.1) is 0 Å². The number of hydrogen-bond donors (Lipinski definition) is 1. The van der Waals surface area contributed by atoms with Gasteiger partial charge in [0.2, 0.25) is 0 Å². The highest BCUT2D eigenvalue weighted by Gasteiger charge is 2.37. The van der Waals surface area contributed by atoms with Crippen molar-refractivity contribution in [2.45, 2.75) is 102 Å². The lowest BCUT2D eigenvalue weighted by molar-refractivity contribution is -0.174. The normalized spacial score (nSPS) is 24.5. The molecule has 1 N–H and O–H groups in total. The van der Waals surface area contributed by atoms with Crippen LogP contribution in [0.4, 0.5) is 0 Å². The molecule has 0 amide bonds. The minimum Gasteiger partial charge on any atom is -0.460 e. The third-order valence-electron chi connectivity index (χ3n) is 5.48. The average molecular weight is 296 g/mol. The molecular formula is C18H32O3. The molecule has 0 saturated heterocycles. The molecule has 0 aromatic rings. The van der Waals surface area contributed by atoms with E-state index in [1.807, 2.05) is 6.92 Å². The van der Waals surface area contributed by atoms with Gasteiger partial charge in [-0.2, -0.15) is 0 Å². The molecule has 0 aromatic carbocycles. The van der Waals surface area contributed by atoms with Crippen LogP contribution in [0.2, 0.25) is 0 Å². The fourth-order valence-electron chi connectivity index (χ4n) is 3.79. The summed E-state index contributed by atoms with van der Waals surface area (Å²) in [7, 11) is 0. The van der Waals surface area contributed by atoms with E-state index in [1.165, 1.54) is 38.5 Å². The lowest BCUT2D eigenvalue weighted by atomic mass is 9.82. The van der Waals surface area contributed by atoms with E-state index < -0.39 is 5.60 Å². The fraction of sp³-hybridized carbons (Fsp3) is 0.944. The van der Waals surface area contributed by atoms with Crippen molar-refractivity contribution in [3.05, 3.63) is 0 Å². The van der Waals surface area contributed by atoms with Gasteiger partial charge in [0.1, 0.15) is 6.10 Å². The van der Waals surface area contributed by atoms with Crippen LogP contribution < -0.4 is 0 Å². The van der Waals surface area contributed by atoms with Crippen LogP contribution in [0, 0.1) is 5.92 Å². The Kier molecular flexibility index (Phi) is 6.53. The van der Waals surface area contributed by atoms with Gasteiger partial charge in [0.15, 0.2) is 5.60 Å². The molecular weight excluding hydrogens is 264 g/mol. The lowest BCUT2D eigenvalue weighted by Gasteiger charge is -2.31. The Morgan fingerprint density at radius 2 is 1.62 bits per heavy atom. The predicted octanol–water partition coefficient (Wildman–Crippen LogP) is 4.36. The summed E-state index contributed by atoms with van der Waals surface area (Å²) >= 11 is 0. The van der Waals surface area contributed by atoms with E-state index in [9.17, 15) is 9.90 Å². The molecule has 2 aliphatic rings. The van der Waals surface area contributed by atoms with Crippen molar-refractivity contribution in [1.29, 1.82) is 0 Å². The van der Waals surface area contributed by atoms with E-state index in [-0.39, 0.29) is 12.1 Å². The Labute approximate surface area is 129 Å². The van der Waals surface area contributed by atoms with Crippen molar-refractivity contribution >= 4 is 5.97 Å². The summed E-state index contributed by atoms with van der Waals surface area (Å²) in [6, 6.07) is 0. The number of aliphatic hydroxyl groups is 1. The van der Waals surface area contributed by atoms with Gasteiger partial charge in [0.05, 0.1) is 0 Å². The van der Waals surface area contributed by atoms with Crippen LogP contribution in [0.5, 0.6) is 0 Å². The Morgan fingerprint density at radius 3 is 2.19 bits per heavy atom. The fourth-order valence-corrected chi connectivity index (χ4v) is 3.79. The highest BCUT2D eigenvalue weighted by atomic mass is 16.6. The summed E-state index contributed by atoms with van der Waals surface area (Å²) in [5.41, 5.74) is -1.26. The Hall–Kier alpha value is -0.570. The number of carbonyl (C=O) groups is 1. The largest absolute Gasteiger partial charge is 0.460 e. The van der Waals surface area contributed by atoms with Gasteiger partial charge >= 0.3 is 5.97 Å². The second-order valence-electron chi connectivity index (χ2n) is 7.09. The molecule has 1 atom stereocenters. The Bertz CT molecular complexity index is 316. The number of rotatable bonds is 6. The molecule has 3 nitrogen and oxygen atoms in total. The first-order valence-corrected chi connectivity index (χ1v) is 9.07. The first kappa shape index (κ1) is 16.8. The number of carbonyl (C=O) groups excluding carboxylic acids is 1. The summed E-state index contributed by atoms with van der Waals surface area (Å²) in [4.78, 5) is 12.4. The quantitative estimate of drug-likeness (QED) is 0.741. The monoisotopic (exact) mass is 296 g/mol. The van der Waals surface area contributed by atoms with E-state index in [2.05, 4.69) is 0 Å². The molecule has 0 aliphatic heterocycles. The van der Waals surface area contributed by atoms with Crippen molar-refractivity contribution in [1.82, 2.24) is 0 Å². The van der Waals surface area contributed by atoms with Crippen LogP contribution >= 0.6 is 0 Å². The minimum absolute atomic E-state index is 0.0407. The third-order valence-corrected chi connectivity index (χ3v) is 5.48. The summed E-state index contributed by atoms with van der Waals surface area (Å²) in [6.45, 7) is 1.89. The van der Waals surface area contributed by atoms with Gasteiger partial charge in [-0.05, 0) is 50.9 Å². The lowest BCUT2D eigenvalue weighted by Crippen LogP contribution is -2.42. The van der Waals surface area contributed by atoms with Crippen molar-refractivity contribution in [3.8, 4) is 0 Å². The molecule has 2 rings (SSSR count).